The van der Waals surface area contributed by atoms with Gasteiger partial charge in [0, 0.05) is 24.5 Å². The number of rotatable bonds is 3. The Morgan fingerprint density at radius 2 is 2.19 bits per heavy atom. The smallest absolute Gasteiger partial charge is 0.0672 e. The van der Waals surface area contributed by atoms with Gasteiger partial charge in [-0.2, -0.15) is 0 Å². The first kappa shape index (κ1) is 11.5. The normalized spacial score (nSPS) is 13.2. The number of para-hydroxylation sites is 1. The van der Waals surface area contributed by atoms with E-state index in [1.807, 2.05) is 12.1 Å². The topological polar surface area (TPSA) is 25.2 Å². The number of benzene rings is 1. The summed E-state index contributed by atoms with van der Waals surface area (Å²) in [6.07, 6.45) is 2.43. The Kier molecular flexibility index (Phi) is 3.22. The Balaban J connectivity index is 2.63. The zero-order chi connectivity index (χ0) is 11.7. The van der Waals surface area contributed by atoms with Crippen molar-refractivity contribution >= 4 is 22.5 Å². The molecule has 1 aromatic carbocycles. The van der Waals surface area contributed by atoms with Crippen LogP contribution in [0.25, 0.3) is 10.9 Å². The minimum Gasteiger partial charge on any atom is -0.393 e. The van der Waals surface area contributed by atoms with Crippen LogP contribution in [0.1, 0.15) is 19.4 Å². The van der Waals surface area contributed by atoms with Crippen LogP contribution in [0.2, 0.25) is 5.02 Å². The summed E-state index contributed by atoms with van der Waals surface area (Å²) in [6.45, 7) is 4.79. The molecule has 1 unspecified atom stereocenters. The van der Waals surface area contributed by atoms with Gasteiger partial charge in [-0.1, -0.05) is 23.7 Å². The third-order valence-corrected chi connectivity index (χ3v) is 3.09. The molecular weight excluding hydrogens is 222 g/mol. The molecule has 16 heavy (non-hydrogen) atoms. The summed E-state index contributed by atoms with van der Waals surface area (Å²) in [7, 11) is 0. The van der Waals surface area contributed by atoms with Gasteiger partial charge in [-0.15, -0.1) is 0 Å². The fourth-order valence-electron chi connectivity index (χ4n) is 2.12. The molecule has 2 nitrogen and oxygen atoms in total. The van der Waals surface area contributed by atoms with Crippen molar-refractivity contribution in [3.63, 3.8) is 0 Å². The van der Waals surface area contributed by atoms with Gasteiger partial charge in [0.05, 0.1) is 16.6 Å². The number of nitrogens with zero attached hydrogens (tertiary/aromatic N) is 1. The molecule has 0 spiro atoms. The molecule has 86 valence electrons. The van der Waals surface area contributed by atoms with Crippen LogP contribution in [0.3, 0.4) is 0 Å². The lowest BCUT2D eigenvalue weighted by molar-refractivity contribution is 0.196. The van der Waals surface area contributed by atoms with Gasteiger partial charge in [0.2, 0.25) is 0 Å². The Morgan fingerprint density at radius 1 is 1.44 bits per heavy atom. The predicted molar refractivity (Wildman–Crippen MR) is 68.0 cm³/mol. The maximum atomic E-state index is 9.47. The molecule has 0 aliphatic heterocycles. The van der Waals surface area contributed by atoms with E-state index in [1.165, 1.54) is 0 Å². The Morgan fingerprint density at radius 3 is 2.81 bits per heavy atom. The van der Waals surface area contributed by atoms with E-state index in [1.54, 1.807) is 6.92 Å². The van der Waals surface area contributed by atoms with Gasteiger partial charge in [-0.05, 0) is 25.5 Å². The second-order valence-electron chi connectivity index (χ2n) is 4.13. The summed E-state index contributed by atoms with van der Waals surface area (Å²) in [5.41, 5.74) is 2.23. The van der Waals surface area contributed by atoms with E-state index in [2.05, 4.69) is 23.8 Å². The van der Waals surface area contributed by atoms with Crippen molar-refractivity contribution in [1.82, 2.24) is 4.57 Å². The van der Waals surface area contributed by atoms with E-state index in [-0.39, 0.29) is 6.10 Å². The van der Waals surface area contributed by atoms with Crippen molar-refractivity contribution in [2.24, 2.45) is 0 Å². The van der Waals surface area contributed by atoms with Crippen molar-refractivity contribution in [3.8, 4) is 0 Å². The van der Waals surface area contributed by atoms with Crippen molar-refractivity contribution in [2.75, 3.05) is 0 Å². The molecule has 1 aromatic heterocycles. The summed E-state index contributed by atoms with van der Waals surface area (Å²) >= 11 is 6.21. The second-order valence-corrected chi connectivity index (χ2v) is 4.54. The number of halogens is 1. The highest BCUT2D eigenvalue weighted by molar-refractivity contribution is 6.35. The quantitative estimate of drug-likeness (QED) is 0.871. The molecule has 0 aliphatic rings. The molecule has 3 heteroatoms. The molecule has 0 saturated carbocycles. The van der Waals surface area contributed by atoms with E-state index >= 15 is 0 Å². The molecule has 1 N–H and O–H groups in total. The fourth-order valence-corrected chi connectivity index (χ4v) is 2.40. The van der Waals surface area contributed by atoms with Crippen LogP contribution in [-0.2, 0) is 13.0 Å². The summed E-state index contributed by atoms with van der Waals surface area (Å²) < 4.78 is 2.13. The molecule has 1 atom stereocenters. The molecule has 0 aliphatic carbocycles. The highest BCUT2D eigenvalue weighted by atomic mass is 35.5. The largest absolute Gasteiger partial charge is 0.393 e. The first-order valence-corrected chi connectivity index (χ1v) is 5.95. The van der Waals surface area contributed by atoms with Gasteiger partial charge in [0.15, 0.2) is 0 Å². The van der Waals surface area contributed by atoms with Gasteiger partial charge in [0.1, 0.15) is 0 Å². The summed E-state index contributed by atoms with van der Waals surface area (Å²) in [5.74, 6) is 0. The molecule has 0 radical (unpaired) electrons. The number of hydrogen-bond donors (Lipinski definition) is 1. The molecule has 2 rings (SSSR count). The van der Waals surface area contributed by atoms with Crippen molar-refractivity contribution in [1.29, 1.82) is 0 Å². The molecule has 1 heterocycles. The maximum Gasteiger partial charge on any atom is 0.0672 e. The first-order chi connectivity index (χ1) is 7.63. The van der Waals surface area contributed by atoms with Gasteiger partial charge < -0.3 is 9.67 Å². The summed E-state index contributed by atoms with van der Waals surface area (Å²) in [5, 5.41) is 11.4. The second kappa shape index (κ2) is 4.48. The zero-order valence-electron chi connectivity index (χ0n) is 9.57. The third kappa shape index (κ3) is 1.95. The lowest BCUT2D eigenvalue weighted by Crippen LogP contribution is -2.03. The molecule has 0 amide bonds. The van der Waals surface area contributed by atoms with Crippen LogP contribution in [-0.4, -0.2) is 15.8 Å². The maximum absolute atomic E-state index is 9.47. The number of aromatic nitrogens is 1. The fraction of sp³-hybridized carbons (Fsp3) is 0.385. The lowest BCUT2D eigenvalue weighted by Gasteiger charge is -2.02. The minimum atomic E-state index is -0.324. The number of aryl methyl sites for hydroxylation is 1. The first-order valence-electron chi connectivity index (χ1n) is 5.57. The molecule has 0 saturated heterocycles. The van der Waals surface area contributed by atoms with Crippen LogP contribution < -0.4 is 0 Å². The Bertz CT molecular complexity index is 502. The van der Waals surface area contributed by atoms with Crippen LogP contribution in [0, 0.1) is 0 Å². The standard InChI is InChI=1S/C13H16ClNO/c1-3-15-8-10(7-9(2)16)11-5-4-6-12(14)13(11)15/h4-6,8-9,16H,3,7H2,1-2H3. The van der Waals surface area contributed by atoms with Crippen LogP contribution in [0.15, 0.2) is 24.4 Å². The van der Waals surface area contributed by atoms with Crippen molar-refractivity contribution in [3.05, 3.63) is 35.0 Å². The average molecular weight is 238 g/mol. The highest BCUT2D eigenvalue weighted by Crippen LogP contribution is 2.28. The Hall–Kier alpha value is -0.990. The van der Waals surface area contributed by atoms with E-state index < -0.39 is 0 Å². The molecular formula is C13H16ClNO. The van der Waals surface area contributed by atoms with E-state index in [0.29, 0.717) is 6.42 Å². The number of hydrogen-bond acceptors (Lipinski definition) is 1. The van der Waals surface area contributed by atoms with Crippen LogP contribution in [0.4, 0.5) is 0 Å². The minimum absolute atomic E-state index is 0.324. The average Bonchev–Trinajstić information content (AvgIpc) is 2.57. The van der Waals surface area contributed by atoms with Gasteiger partial charge >= 0.3 is 0 Å². The lowest BCUT2D eigenvalue weighted by atomic mass is 10.1. The summed E-state index contributed by atoms with van der Waals surface area (Å²) in [4.78, 5) is 0. The molecule has 2 aromatic rings. The molecule has 0 bridgehead atoms. The van der Waals surface area contributed by atoms with E-state index in [4.69, 9.17) is 11.6 Å². The van der Waals surface area contributed by atoms with E-state index in [0.717, 1.165) is 28.0 Å². The zero-order valence-corrected chi connectivity index (χ0v) is 10.3. The van der Waals surface area contributed by atoms with Crippen molar-refractivity contribution in [2.45, 2.75) is 32.9 Å². The number of aliphatic hydroxyl groups is 1. The third-order valence-electron chi connectivity index (χ3n) is 2.79. The van der Waals surface area contributed by atoms with Gasteiger partial charge in [0.25, 0.3) is 0 Å². The highest BCUT2D eigenvalue weighted by Gasteiger charge is 2.11. The summed E-state index contributed by atoms with van der Waals surface area (Å²) in [6, 6.07) is 5.92. The van der Waals surface area contributed by atoms with Crippen LogP contribution >= 0.6 is 11.6 Å². The van der Waals surface area contributed by atoms with Crippen molar-refractivity contribution < 1.29 is 5.11 Å². The predicted octanol–water partition coefficient (Wildman–Crippen LogP) is 3.24. The van der Waals surface area contributed by atoms with Gasteiger partial charge in [-0.3, -0.25) is 0 Å². The van der Waals surface area contributed by atoms with E-state index in [9.17, 15) is 5.11 Å². The number of aliphatic hydroxyl groups excluding tert-OH is 1. The Labute approximate surface area is 100 Å². The van der Waals surface area contributed by atoms with Gasteiger partial charge in [-0.25, -0.2) is 0 Å². The SMILES string of the molecule is CCn1cc(CC(C)O)c2cccc(Cl)c21. The number of fused-ring (bicyclic) bond motifs is 1. The monoisotopic (exact) mass is 237 g/mol. The molecule has 0 fully saturated rings. The van der Waals surface area contributed by atoms with Crippen LogP contribution in [0.5, 0.6) is 0 Å².